The van der Waals surface area contributed by atoms with Gasteiger partial charge >= 0.3 is 0 Å². The van der Waals surface area contributed by atoms with Gasteiger partial charge in [0.1, 0.15) is 22.9 Å². The summed E-state index contributed by atoms with van der Waals surface area (Å²) in [4.78, 5) is 4.46. The van der Waals surface area contributed by atoms with Crippen molar-refractivity contribution in [2.45, 2.75) is 37.9 Å². The highest BCUT2D eigenvalue weighted by atomic mass is 32.2. The van der Waals surface area contributed by atoms with Crippen LogP contribution in [0.3, 0.4) is 0 Å². The Bertz CT molecular complexity index is 1240. The van der Waals surface area contributed by atoms with Crippen LogP contribution >= 0.6 is 0 Å². The van der Waals surface area contributed by atoms with Crippen LogP contribution < -0.4 is 18.9 Å². The summed E-state index contributed by atoms with van der Waals surface area (Å²) in [7, 11) is 1.83. The molecule has 0 saturated heterocycles. The summed E-state index contributed by atoms with van der Waals surface area (Å²) in [6, 6.07) is 10.5. The number of anilines is 1. The quantitative estimate of drug-likeness (QED) is 0.410. The number of hydrogen-bond donors (Lipinski definition) is 2. The minimum absolute atomic E-state index is 0. The molecule has 0 unspecified atom stereocenters. The number of aromatic nitrogens is 4. The molecule has 0 bridgehead atoms. The zero-order chi connectivity index (χ0) is 26.3. The lowest BCUT2D eigenvalue weighted by Gasteiger charge is -2.28. The first-order chi connectivity index (χ1) is 17.4. The van der Waals surface area contributed by atoms with Gasteiger partial charge in [-0.2, -0.15) is 0 Å². The Morgan fingerprint density at radius 1 is 1.06 bits per heavy atom. The summed E-state index contributed by atoms with van der Waals surface area (Å²) >= 11 is 0. The zero-order valence-corrected chi connectivity index (χ0v) is 21.9. The second-order valence-corrected chi connectivity index (χ2v) is 10.3. The molecule has 0 amide bonds. The fourth-order valence-corrected chi connectivity index (χ4v) is 5.10. The normalized spacial score (nSPS) is 14.2. The Labute approximate surface area is 213 Å². The highest BCUT2D eigenvalue weighted by Gasteiger charge is 2.31. The van der Waals surface area contributed by atoms with E-state index in [1.807, 2.05) is 0 Å². The van der Waals surface area contributed by atoms with Gasteiger partial charge < -0.3 is 19.3 Å². The van der Waals surface area contributed by atoms with E-state index < -0.39 is 15.3 Å². The summed E-state index contributed by atoms with van der Waals surface area (Å²) in [6.07, 6.45) is 3.90. The molecule has 1 aliphatic carbocycles. The minimum Gasteiger partial charge on any atom is -0.494 e. The molecule has 1 atom stereocenters. The van der Waals surface area contributed by atoms with Crippen LogP contribution in [0.4, 0.5) is 5.95 Å². The maximum absolute atomic E-state index is 13.2. The lowest BCUT2D eigenvalue weighted by atomic mass is 9.82. The van der Waals surface area contributed by atoms with Gasteiger partial charge in [-0.15, -0.1) is 10.2 Å². The van der Waals surface area contributed by atoms with Crippen molar-refractivity contribution in [3.63, 3.8) is 0 Å². The number of nitrogens with zero attached hydrogens (tertiary/aromatic N) is 4. The predicted octanol–water partition coefficient (Wildman–Crippen LogP) is 3.53. The van der Waals surface area contributed by atoms with Gasteiger partial charge in [-0.25, -0.2) is 13.4 Å². The molecule has 11 nitrogen and oxygen atoms in total. The van der Waals surface area contributed by atoms with E-state index in [-0.39, 0.29) is 7.37 Å². The molecule has 1 fully saturated rings. The lowest BCUT2D eigenvalue weighted by Crippen LogP contribution is -2.30. The fraction of sp³-hybridized carbons (Fsp3) is 0.458. The number of benzene rings is 1. The second kappa shape index (κ2) is 12.0. The number of rotatable bonds is 10. The third kappa shape index (κ3) is 5.71. The van der Waals surface area contributed by atoms with Crippen LogP contribution in [0.1, 0.15) is 34.0 Å². The van der Waals surface area contributed by atoms with Crippen LogP contribution in [0.15, 0.2) is 36.4 Å². The number of nitrogens with one attached hydrogen (secondary N) is 1. The Kier molecular flexibility index (Phi) is 9.10. The lowest BCUT2D eigenvalue weighted by molar-refractivity contribution is 0.294. The largest absolute Gasteiger partial charge is 0.494 e. The van der Waals surface area contributed by atoms with Gasteiger partial charge in [0.05, 0.1) is 26.6 Å². The molecule has 1 aromatic carbocycles. The van der Waals surface area contributed by atoms with Gasteiger partial charge in [-0.1, -0.05) is 31.4 Å². The average Bonchev–Trinajstić information content (AvgIpc) is 3.28. The summed E-state index contributed by atoms with van der Waals surface area (Å²) in [6.45, 7) is 1.72. The van der Waals surface area contributed by atoms with Gasteiger partial charge in [-0.05, 0) is 37.5 Å². The van der Waals surface area contributed by atoms with Gasteiger partial charge in [0, 0.05) is 14.6 Å². The van der Waals surface area contributed by atoms with Crippen molar-refractivity contribution < 1.29 is 29.2 Å². The molecule has 0 radical (unpaired) electrons. The number of aliphatic hydroxyl groups is 1. The van der Waals surface area contributed by atoms with Crippen LogP contribution in [0.5, 0.6) is 17.4 Å². The molecule has 0 aliphatic heterocycles. The third-order valence-electron chi connectivity index (χ3n) is 6.10. The molecule has 2 N–H and O–H groups in total. The van der Waals surface area contributed by atoms with Crippen molar-refractivity contribution in [1.29, 1.82) is 0 Å². The number of methoxy groups -OCH3 is 3. The van der Waals surface area contributed by atoms with Crippen molar-refractivity contribution in [2.75, 3.05) is 33.2 Å². The smallest absolute Gasteiger partial charge is 0.243 e. The molecule has 4 rings (SSSR count). The highest BCUT2D eigenvalue weighted by molar-refractivity contribution is 7.93. The minimum atomic E-state index is -3.74. The number of sulfonamides is 1. The molecule has 198 valence electrons. The van der Waals surface area contributed by atoms with Crippen LogP contribution in [-0.4, -0.2) is 67.0 Å². The Morgan fingerprint density at radius 3 is 2.25 bits per heavy atom. The first kappa shape index (κ1) is 27.2. The van der Waals surface area contributed by atoms with E-state index in [1.165, 1.54) is 21.3 Å². The van der Waals surface area contributed by atoms with E-state index in [4.69, 9.17) is 19.3 Å². The SMILES string of the molecule is CO.COc1cccc(-c2nnc(NS(=O)(=O)[C@@H](C)CC3CCC3)n2-c2c(OC)cccc2OC)n1.[HH]. The number of hydrogen-bond acceptors (Lipinski definition) is 9. The molecule has 2 heterocycles. The Hall–Kier alpha value is -3.38. The monoisotopic (exact) mass is 521 g/mol. The van der Waals surface area contributed by atoms with Crippen molar-refractivity contribution >= 4 is 16.0 Å². The van der Waals surface area contributed by atoms with Gasteiger partial charge in [0.25, 0.3) is 0 Å². The molecule has 1 saturated carbocycles. The summed E-state index contributed by atoms with van der Waals surface area (Å²) in [5.41, 5.74) is 0.884. The van der Waals surface area contributed by atoms with Crippen LogP contribution in [0.2, 0.25) is 0 Å². The van der Waals surface area contributed by atoms with Gasteiger partial charge in [0.2, 0.25) is 21.9 Å². The number of para-hydroxylation sites is 1. The van der Waals surface area contributed by atoms with E-state index in [0.29, 0.717) is 46.9 Å². The maximum atomic E-state index is 13.2. The molecule has 2 aromatic heterocycles. The Balaban J connectivity index is 0.00000157. The van der Waals surface area contributed by atoms with E-state index in [0.717, 1.165) is 26.4 Å². The molecule has 1 aliphatic rings. The van der Waals surface area contributed by atoms with Gasteiger partial charge in [-0.3, -0.25) is 9.29 Å². The molecular formula is C24H35N5O6S. The molecule has 12 heteroatoms. The van der Waals surface area contributed by atoms with E-state index in [2.05, 4.69) is 19.9 Å². The van der Waals surface area contributed by atoms with Crippen LogP contribution in [-0.2, 0) is 10.0 Å². The van der Waals surface area contributed by atoms with Gasteiger partial charge in [0.15, 0.2) is 5.82 Å². The topological polar surface area (TPSA) is 138 Å². The zero-order valence-electron chi connectivity index (χ0n) is 21.1. The summed E-state index contributed by atoms with van der Waals surface area (Å²) < 4.78 is 47.1. The standard InChI is InChI=1S/C23H29N5O5S.CH4O.H2/c1-15(14-16-8-5-9-16)34(29,30)27-23-26-25-22(17-10-6-13-20(24-17)33-4)28(23)21-18(31-2)11-7-12-19(21)32-3;1-2;/h6-7,10-13,15-16H,5,8-9,14H2,1-4H3,(H,26,27);2H,1H3;1H/t15-;;/m0../s1. The number of ether oxygens (including phenoxy) is 3. The van der Waals surface area contributed by atoms with E-state index >= 15 is 0 Å². The van der Waals surface area contributed by atoms with E-state index in [9.17, 15) is 8.42 Å². The fourth-order valence-electron chi connectivity index (χ4n) is 3.99. The van der Waals surface area contributed by atoms with E-state index in [1.54, 1.807) is 47.9 Å². The summed E-state index contributed by atoms with van der Waals surface area (Å²) in [5, 5.41) is 14.9. The molecule has 3 aromatic rings. The average molecular weight is 522 g/mol. The molecular weight excluding hydrogens is 486 g/mol. The third-order valence-corrected chi connectivity index (χ3v) is 7.82. The van der Waals surface area contributed by atoms with Crippen LogP contribution in [0.25, 0.3) is 17.2 Å². The van der Waals surface area contributed by atoms with Crippen molar-refractivity contribution in [1.82, 2.24) is 19.7 Å². The Morgan fingerprint density at radius 2 is 1.69 bits per heavy atom. The number of pyridine rings is 1. The first-order valence-electron chi connectivity index (χ1n) is 11.5. The summed E-state index contributed by atoms with van der Waals surface area (Å²) in [5.74, 6) is 2.04. The number of aliphatic hydroxyl groups excluding tert-OH is 1. The van der Waals surface area contributed by atoms with Crippen molar-refractivity contribution in [3.05, 3.63) is 36.4 Å². The first-order valence-corrected chi connectivity index (χ1v) is 13.1. The van der Waals surface area contributed by atoms with Crippen molar-refractivity contribution in [3.8, 4) is 34.6 Å². The second-order valence-electron chi connectivity index (χ2n) is 8.25. The van der Waals surface area contributed by atoms with Crippen LogP contribution in [0, 0.1) is 5.92 Å². The van der Waals surface area contributed by atoms with Crippen molar-refractivity contribution in [2.24, 2.45) is 5.92 Å². The highest BCUT2D eigenvalue weighted by Crippen LogP contribution is 2.38. The maximum Gasteiger partial charge on any atom is 0.243 e. The molecule has 0 spiro atoms. The molecule has 36 heavy (non-hydrogen) atoms. The predicted molar refractivity (Wildman–Crippen MR) is 138 cm³/mol.